The number of carbonyl (C=O) groups is 1. The number of carbonyl (C=O) groups excluding carboxylic acids is 1. The van der Waals surface area contributed by atoms with Crippen LogP contribution >= 0.6 is 11.8 Å². The monoisotopic (exact) mass is 305 g/mol. The Hall–Kier alpha value is -1.75. The molecule has 1 aromatic carbocycles. The van der Waals surface area contributed by atoms with Crippen LogP contribution in [0.2, 0.25) is 0 Å². The number of hydrogen-bond donors (Lipinski definition) is 0. The highest BCUT2D eigenvalue weighted by atomic mass is 32.2. The van der Waals surface area contributed by atoms with Gasteiger partial charge < -0.3 is 9.32 Å². The highest BCUT2D eigenvalue weighted by Gasteiger charge is 2.31. The van der Waals surface area contributed by atoms with Gasteiger partial charge >= 0.3 is 0 Å². The first-order valence-electron chi connectivity index (χ1n) is 6.85. The summed E-state index contributed by atoms with van der Waals surface area (Å²) in [6, 6.07) is 10.1. The molecule has 5 heteroatoms. The van der Waals surface area contributed by atoms with E-state index in [2.05, 4.69) is 0 Å². The first-order chi connectivity index (χ1) is 10.1. The number of amides is 1. The van der Waals surface area contributed by atoms with Crippen LogP contribution in [0.4, 0.5) is 4.39 Å². The summed E-state index contributed by atoms with van der Waals surface area (Å²) in [6.45, 7) is 2.36. The molecule has 1 amide bonds. The van der Waals surface area contributed by atoms with Crippen molar-refractivity contribution in [1.29, 1.82) is 0 Å². The molecule has 1 aromatic heterocycles. The molecule has 0 radical (unpaired) electrons. The zero-order chi connectivity index (χ0) is 14.8. The first-order valence-corrected chi connectivity index (χ1v) is 7.90. The van der Waals surface area contributed by atoms with Crippen molar-refractivity contribution in [3.05, 3.63) is 59.3 Å². The summed E-state index contributed by atoms with van der Waals surface area (Å²) in [5, 5.41) is -0.106. The number of furan rings is 1. The topological polar surface area (TPSA) is 33.5 Å². The van der Waals surface area contributed by atoms with Gasteiger partial charge in [-0.1, -0.05) is 12.1 Å². The smallest absolute Gasteiger partial charge is 0.224 e. The second-order valence-corrected chi connectivity index (χ2v) is 6.26. The quantitative estimate of drug-likeness (QED) is 0.862. The van der Waals surface area contributed by atoms with Crippen molar-refractivity contribution in [3.8, 4) is 0 Å². The molecule has 3 rings (SSSR count). The predicted octanol–water partition coefficient (Wildman–Crippen LogP) is 3.89. The molecule has 0 N–H and O–H groups in total. The standard InChI is InChI=1S/C16H16FNO2S/c1-11-2-7-14(20-11)16-18(15(19)8-9-21-16)10-12-3-5-13(17)6-4-12/h2-7,16H,8-10H2,1H3. The Morgan fingerprint density at radius 1 is 1.29 bits per heavy atom. The van der Waals surface area contributed by atoms with Gasteiger partial charge in [0.25, 0.3) is 0 Å². The fourth-order valence-corrected chi connectivity index (χ4v) is 3.58. The van der Waals surface area contributed by atoms with Gasteiger partial charge in [0.2, 0.25) is 5.91 Å². The van der Waals surface area contributed by atoms with E-state index in [1.54, 1.807) is 28.8 Å². The average molecular weight is 305 g/mol. The van der Waals surface area contributed by atoms with E-state index in [0.717, 1.165) is 22.8 Å². The normalized spacial score (nSPS) is 19.0. The Labute approximate surface area is 127 Å². The molecule has 3 nitrogen and oxygen atoms in total. The Morgan fingerprint density at radius 2 is 2.05 bits per heavy atom. The minimum absolute atomic E-state index is 0.106. The Bertz CT molecular complexity index is 638. The maximum atomic E-state index is 13.0. The lowest BCUT2D eigenvalue weighted by molar-refractivity contribution is -0.133. The molecule has 1 unspecified atom stereocenters. The van der Waals surface area contributed by atoms with Crippen LogP contribution in [-0.2, 0) is 11.3 Å². The van der Waals surface area contributed by atoms with E-state index in [0.29, 0.717) is 13.0 Å². The maximum absolute atomic E-state index is 13.0. The molecular formula is C16H16FNO2S. The Kier molecular flexibility index (Phi) is 4.01. The lowest BCUT2D eigenvalue weighted by Gasteiger charge is -2.34. The highest BCUT2D eigenvalue weighted by Crippen LogP contribution is 2.38. The van der Waals surface area contributed by atoms with E-state index < -0.39 is 0 Å². The number of benzene rings is 1. The van der Waals surface area contributed by atoms with Crippen LogP contribution in [-0.4, -0.2) is 16.6 Å². The van der Waals surface area contributed by atoms with Crippen LogP contribution in [0.15, 0.2) is 40.8 Å². The molecule has 1 saturated heterocycles. The van der Waals surface area contributed by atoms with Gasteiger partial charge in [0, 0.05) is 18.7 Å². The van der Waals surface area contributed by atoms with E-state index in [-0.39, 0.29) is 17.1 Å². The lowest BCUT2D eigenvalue weighted by Crippen LogP contribution is -2.36. The number of nitrogens with zero attached hydrogens (tertiary/aromatic N) is 1. The molecule has 2 aromatic rings. The van der Waals surface area contributed by atoms with Gasteiger partial charge in [-0.15, -0.1) is 11.8 Å². The van der Waals surface area contributed by atoms with Crippen LogP contribution in [0.3, 0.4) is 0 Å². The molecule has 1 atom stereocenters. The van der Waals surface area contributed by atoms with Crippen LogP contribution in [0.5, 0.6) is 0 Å². The molecule has 2 heterocycles. The summed E-state index contributed by atoms with van der Waals surface area (Å²) in [5.74, 6) is 2.27. The predicted molar refractivity (Wildman–Crippen MR) is 80.2 cm³/mol. The van der Waals surface area contributed by atoms with Crippen molar-refractivity contribution >= 4 is 17.7 Å². The fraction of sp³-hybridized carbons (Fsp3) is 0.312. The molecule has 1 aliphatic heterocycles. The Morgan fingerprint density at radius 3 is 2.71 bits per heavy atom. The van der Waals surface area contributed by atoms with E-state index in [1.165, 1.54) is 12.1 Å². The van der Waals surface area contributed by atoms with Gasteiger partial charge in [-0.05, 0) is 36.8 Å². The SMILES string of the molecule is Cc1ccc(C2SCCC(=O)N2Cc2ccc(F)cc2)o1. The van der Waals surface area contributed by atoms with E-state index in [4.69, 9.17) is 4.42 Å². The number of halogens is 1. The molecule has 110 valence electrons. The summed E-state index contributed by atoms with van der Waals surface area (Å²) in [5.41, 5.74) is 0.917. The van der Waals surface area contributed by atoms with Crippen LogP contribution in [0.1, 0.15) is 28.9 Å². The molecule has 0 bridgehead atoms. The zero-order valence-corrected chi connectivity index (χ0v) is 12.5. The van der Waals surface area contributed by atoms with Gasteiger partial charge in [0.15, 0.2) is 0 Å². The van der Waals surface area contributed by atoms with Gasteiger partial charge in [-0.3, -0.25) is 4.79 Å². The number of rotatable bonds is 3. The minimum atomic E-state index is -0.267. The summed E-state index contributed by atoms with van der Waals surface area (Å²) >= 11 is 1.70. The van der Waals surface area contributed by atoms with Crippen molar-refractivity contribution in [1.82, 2.24) is 4.90 Å². The number of aryl methyl sites for hydroxylation is 1. The van der Waals surface area contributed by atoms with Gasteiger partial charge in [0.1, 0.15) is 22.7 Å². The van der Waals surface area contributed by atoms with Crippen LogP contribution in [0, 0.1) is 12.7 Å². The average Bonchev–Trinajstić information content (AvgIpc) is 2.90. The maximum Gasteiger partial charge on any atom is 0.224 e. The number of hydrogen-bond acceptors (Lipinski definition) is 3. The third kappa shape index (κ3) is 3.13. The molecule has 0 spiro atoms. The molecule has 1 aliphatic rings. The molecule has 1 fully saturated rings. The largest absolute Gasteiger partial charge is 0.463 e. The second kappa shape index (κ2) is 5.93. The summed E-state index contributed by atoms with van der Waals surface area (Å²) < 4.78 is 18.7. The Balaban J connectivity index is 1.84. The molecule has 0 saturated carbocycles. The second-order valence-electron chi connectivity index (χ2n) is 5.07. The zero-order valence-electron chi connectivity index (χ0n) is 11.7. The van der Waals surface area contributed by atoms with Crippen molar-refractivity contribution < 1.29 is 13.6 Å². The van der Waals surface area contributed by atoms with Gasteiger partial charge in [0.05, 0.1) is 0 Å². The highest BCUT2D eigenvalue weighted by molar-refractivity contribution is 7.99. The van der Waals surface area contributed by atoms with Crippen molar-refractivity contribution in [2.45, 2.75) is 25.3 Å². The van der Waals surface area contributed by atoms with Gasteiger partial charge in [-0.2, -0.15) is 0 Å². The van der Waals surface area contributed by atoms with E-state index in [9.17, 15) is 9.18 Å². The third-order valence-corrected chi connectivity index (χ3v) is 4.71. The summed E-state index contributed by atoms with van der Waals surface area (Å²) in [4.78, 5) is 14.1. The summed E-state index contributed by atoms with van der Waals surface area (Å²) in [6.07, 6.45) is 0.530. The molecule has 21 heavy (non-hydrogen) atoms. The van der Waals surface area contributed by atoms with Crippen LogP contribution in [0.25, 0.3) is 0 Å². The molecular weight excluding hydrogens is 289 g/mol. The van der Waals surface area contributed by atoms with Crippen molar-refractivity contribution in [2.75, 3.05) is 5.75 Å². The lowest BCUT2D eigenvalue weighted by atomic mass is 10.2. The summed E-state index contributed by atoms with van der Waals surface area (Å²) in [7, 11) is 0. The van der Waals surface area contributed by atoms with E-state index in [1.807, 2.05) is 19.1 Å². The van der Waals surface area contributed by atoms with Crippen molar-refractivity contribution in [2.24, 2.45) is 0 Å². The minimum Gasteiger partial charge on any atom is -0.463 e. The fourth-order valence-electron chi connectivity index (χ4n) is 2.40. The molecule has 0 aliphatic carbocycles. The van der Waals surface area contributed by atoms with Crippen LogP contribution < -0.4 is 0 Å². The van der Waals surface area contributed by atoms with Crippen molar-refractivity contribution in [3.63, 3.8) is 0 Å². The van der Waals surface area contributed by atoms with Gasteiger partial charge in [-0.25, -0.2) is 4.39 Å². The first kappa shape index (κ1) is 14.2. The number of thioether (sulfide) groups is 1. The third-order valence-electron chi connectivity index (χ3n) is 3.47. The van der Waals surface area contributed by atoms with E-state index >= 15 is 0 Å².